The van der Waals surface area contributed by atoms with Gasteiger partial charge in [0.25, 0.3) is 0 Å². The molecule has 0 unspecified atom stereocenters. The number of hydrogen-bond donors (Lipinski definition) is 0. The summed E-state index contributed by atoms with van der Waals surface area (Å²) in [7, 11) is 0. The molecule has 0 saturated carbocycles. The van der Waals surface area contributed by atoms with Crippen LogP contribution in [0.15, 0.2) is 0 Å². The van der Waals surface area contributed by atoms with Crippen molar-refractivity contribution in [1.29, 1.82) is 0 Å². The van der Waals surface area contributed by atoms with Crippen LogP contribution in [-0.2, 0) is 0 Å². The highest BCUT2D eigenvalue weighted by atomic mass is 80.0. The molecular formula is C11H16Br3Cl4. The quantitative estimate of drug-likeness (QED) is 0.322. The van der Waals surface area contributed by atoms with Crippen LogP contribution in [-0.4, -0.2) is 10.8 Å². The molecule has 0 N–H and O–H groups in total. The molecule has 0 nitrogen and oxygen atoms in total. The molecule has 0 aromatic carbocycles. The normalized spacial score (nSPS) is 15.3. The van der Waals surface area contributed by atoms with Crippen LogP contribution in [0.4, 0.5) is 0 Å². The molecule has 0 aliphatic carbocycles. The lowest BCUT2D eigenvalue weighted by Crippen LogP contribution is -2.50. The number of rotatable bonds is 5. The Labute approximate surface area is 155 Å². The highest BCUT2D eigenvalue weighted by molar-refractivity contribution is 9.39. The average molecular weight is 530 g/mol. The van der Waals surface area contributed by atoms with E-state index in [9.17, 15) is 0 Å². The van der Waals surface area contributed by atoms with E-state index in [0.717, 1.165) is 0 Å². The minimum atomic E-state index is -1.11. The molecule has 0 saturated heterocycles. The minimum absolute atomic E-state index is 0.513. The van der Waals surface area contributed by atoms with E-state index in [1.165, 1.54) is 0 Å². The summed E-state index contributed by atoms with van der Waals surface area (Å²) < 4.78 is -2.82. The van der Waals surface area contributed by atoms with E-state index < -0.39 is 16.2 Å². The van der Waals surface area contributed by atoms with Gasteiger partial charge >= 0.3 is 0 Å². The molecule has 0 aliphatic rings. The summed E-state index contributed by atoms with van der Waals surface area (Å²) >= 11 is 36.3. The first-order chi connectivity index (χ1) is 7.74. The van der Waals surface area contributed by atoms with E-state index in [0.29, 0.717) is 18.8 Å². The molecule has 0 amide bonds. The molecule has 7 heteroatoms. The maximum atomic E-state index is 6.44. The van der Waals surface area contributed by atoms with Crippen molar-refractivity contribution in [3.63, 3.8) is 0 Å². The van der Waals surface area contributed by atoms with Gasteiger partial charge in [-0.3, -0.25) is 0 Å². The Bertz CT molecular complexity index is 269. The molecule has 0 heterocycles. The SMILES string of the molecule is CCC(Cl)(Cl)[C](C(Cl)(Cl)CC)C(C)(C)C(Br)(Br)Br. The second kappa shape index (κ2) is 6.79. The van der Waals surface area contributed by atoms with Crippen molar-refractivity contribution < 1.29 is 0 Å². The Morgan fingerprint density at radius 2 is 1.11 bits per heavy atom. The van der Waals surface area contributed by atoms with E-state index in [2.05, 4.69) is 47.8 Å². The van der Waals surface area contributed by atoms with Crippen LogP contribution in [0.2, 0.25) is 0 Å². The standard InChI is InChI=1S/C11H16Br3Cl4/c1-5-9(15,16)7(10(17,18)6-2)8(3,4)11(12,13)14/h5-6H2,1-4H3. The zero-order valence-electron chi connectivity index (χ0n) is 10.6. The predicted octanol–water partition coefficient (Wildman–Crippen LogP) is 7.59. The number of halogens is 7. The average Bonchev–Trinajstić information content (AvgIpc) is 2.14. The van der Waals surface area contributed by atoms with Gasteiger partial charge in [0, 0.05) is 5.41 Å². The summed E-state index contributed by atoms with van der Waals surface area (Å²) in [5.74, 6) is 0.657. The van der Waals surface area contributed by atoms with E-state index in [1.54, 1.807) is 0 Å². The molecule has 0 spiro atoms. The van der Waals surface area contributed by atoms with Crippen LogP contribution in [0.5, 0.6) is 0 Å². The van der Waals surface area contributed by atoms with E-state index in [4.69, 9.17) is 46.4 Å². The minimum Gasteiger partial charge on any atom is -0.101 e. The van der Waals surface area contributed by atoms with Gasteiger partial charge in [-0.2, -0.15) is 0 Å². The van der Waals surface area contributed by atoms with Gasteiger partial charge < -0.3 is 0 Å². The number of alkyl halides is 7. The first-order valence-electron chi connectivity index (χ1n) is 5.44. The van der Waals surface area contributed by atoms with Crippen molar-refractivity contribution in [1.82, 2.24) is 0 Å². The maximum absolute atomic E-state index is 6.44. The maximum Gasteiger partial charge on any atom is 0.140 e. The molecule has 0 atom stereocenters. The number of hydrogen-bond acceptors (Lipinski definition) is 0. The van der Waals surface area contributed by atoms with Gasteiger partial charge in [0.05, 0.1) is 5.92 Å². The fraction of sp³-hybridized carbons (Fsp3) is 0.909. The lowest BCUT2D eigenvalue weighted by molar-refractivity contribution is 0.348. The molecule has 0 aromatic heterocycles. The van der Waals surface area contributed by atoms with Crippen LogP contribution in [0, 0.1) is 11.3 Å². The van der Waals surface area contributed by atoms with Crippen molar-refractivity contribution in [3.05, 3.63) is 5.92 Å². The summed E-state index contributed by atoms with van der Waals surface area (Å²) in [6.45, 7) is 7.72. The topological polar surface area (TPSA) is 0 Å². The monoisotopic (exact) mass is 525 g/mol. The zero-order valence-corrected chi connectivity index (χ0v) is 18.3. The molecule has 0 rings (SSSR count). The van der Waals surface area contributed by atoms with Crippen molar-refractivity contribution in [3.8, 4) is 0 Å². The van der Waals surface area contributed by atoms with Crippen molar-refractivity contribution >= 4 is 94.2 Å². The predicted molar refractivity (Wildman–Crippen MR) is 96.0 cm³/mol. The summed E-state index contributed by atoms with van der Waals surface area (Å²) in [4.78, 5) is 0. The van der Waals surface area contributed by atoms with Crippen LogP contribution >= 0.6 is 94.2 Å². The van der Waals surface area contributed by atoms with Crippen molar-refractivity contribution in [2.45, 2.75) is 51.3 Å². The Kier molecular flexibility index (Phi) is 7.77. The highest BCUT2D eigenvalue weighted by Gasteiger charge is 2.60. The second-order valence-corrected chi connectivity index (χ2v) is 14.3. The highest BCUT2D eigenvalue weighted by Crippen LogP contribution is 2.64. The van der Waals surface area contributed by atoms with Crippen LogP contribution in [0.3, 0.4) is 0 Å². The van der Waals surface area contributed by atoms with Gasteiger partial charge in [0.15, 0.2) is 0 Å². The Morgan fingerprint density at radius 1 is 0.833 bits per heavy atom. The Morgan fingerprint density at radius 3 is 1.28 bits per heavy atom. The van der Waals surface area contributed by atoms with Gasteiger partial charge in [-0.1, -0.05) is 75.5 Å². The molecule has 18 heavy (non-hydrogen) atoms. The van der Waals surface area contributed by atoms with Crippen molar-refractivity contribution in [2.24, 2.45) is 5.41 Å². The van der Waals surface area contributed by atoms with Crippen LogP contribution in [0.1, 0.15) is 40.5 Å². The van der Waals surface area contributed by atoms with Gasteiger partial charge in [0.2, 0.25) is 0 Å². The Balaban J connectivity index is 5.80. The lowest BCUT2D eigenvalue weighted by Gasteiger charge is -2.50. The lowest BCUT2D eigenvalue weighted by atomic mass is 9.74. The molecule has 0 bridgehead atoms. The first-order valence-corrected chi connectivity index (χ1v) is 9.34. The van der Waals surface area contributed by atoms with Crippen molar-refractivity contribution in [2.75, 3.05) is 0 Å². The third kappa shape index (κ3) is 4.55. The molecule has 1 radical (unpaired) electrons. The summed E-state index contributed by atoms with van der Waals surface area (Å²) in [5, 5.41) is 0. The van der Waals surface area contributed by atoms with Gasteiger partial charge in [-0.25, -0.2) is 0 Å². The Hall–Kier alpha value is 2.60. The van der Waals surface area contributed by atoms with Gasteiger partial charge in [0.1, 0.15) is 10.8 Å². The largest absolute Gasteiger partial charge is 0.140 e. The van der Waals surface area contributed by atoms with Crippen LogP contribution < -0.4 is 0 Å². The third-order valence-electron chi connectivity index (χ3n) is 2.95. The fourth-order valence-corrected chi connectivity index (χ4v) is 4.06. The first kappa shape index (κ1) is 20.6. The van der Waals surface area contributed by atoms with E-state index in [-0.39, 0.29) is 0 Å². The van der Waals surface area contributed by atoms with Crippen LogP contribution in [0.25, 0.3) is 0 Å². The second-order valence-electron chi connectivity index (χ2n) is 4.61. The molecule has 109 valence electrons. The summed E-state index contributed by atoms with van der Waals surface area (Å²) in [5.41, 5.74) is -0.536. The zero-order chi connectivity index (χ0) is 15.0. The molecular weight excluding hydrogens is 514 g/mol. The van der Waals surface area contributed by atoms with Gasteiger partial charge in [-0.05, 0) is 12.8 Å². The molecule has 0 aromatic rings. The van der Waals surface area contributed by atoms with E-state index >= 15 is 0 Å². The smallest absolute Gasteiger partial charge is 0.101 e. The molecule has 0 aliphatic heterocycles. The summed E-state index contributed by atoms with van der Waals surface area (Å²) in [6, 6.07) is 0. The van der Waals surface area contributed by atoms with Gasteiger partial charge in [-0.15, -0.1) is 46.4 Å². The summed E-state index contributed by atoms with van der Waals surface area (Å²) in [6.07, 6.45) is 1.03. The third-order valence-corrected chi connectivity index (χ3v) is 7.75. The fourth-order valence-electron chi connectivity index (χ4n) is 1.68. The molecule has 0 fully saturated rings. The van der Waals surface area contributed by atoms with E-state index in [1.807, 2.05) is 27.7 Å².